The Balaban J connectivity index is 3.08. The van der Waals surface area contributed by atoms with Gasteiger partial charge in [0, 0.05) is 18.1 Å². The van der Waals surface area contributed by atoms with Gasteiger partial charge in [0.05, 0.1) is 13.2 Å². The van der Waals surface area contributed by atoms with Crippen LogP contribution in [-0.4, -0.2) is 32.8 Å². The van der Waals surface area contributed by atoms with Crippen molar-refractivity contribution in [3.8, 4) is 0 Å². The molecule has 0 amide bonds. The molecule has 0 aliphatic carbocycles. The van der Waals surface area contributed by atoms with Gasteiger partial charge >= 0.3 is 5.97 Å². The zero-order valence-corrected chi connectivity index (χ0v) is 13.8. The van der Waals surface area contributed by atoms with Crippen molar-refractivity contribution in [3.05, 3.63) is 34.3 Å². The van der Waals surface area contributed by atoms with E-state index in [9.17, 15) is 4.79 Å². The van der Waals surface area contributed by atoms with Gasteiger partial charge in [-0.2, -0.15) is 0 Å². The maximum absolute atomic E-state index is 12.4. The molecule has 0 aliphatic rings. The summed E-state index contributed by atoms with van der Waals surface area (Å²) in [4.78, 5) is 12.4. The third kappa shape index (κ3) is 4.04. The van der Waals surface area contributed by atoms with Crippen LogP contribution in [0, 0.1) is 0 Å². The number of hydrogen-bond donors (Lipinski definition) is 1. The van der Waals surface area contributed by atoms with Gasteiger partial charge < -0.3 is 9.47 Å². The molecule has 0 heterocycles. The molecule has 112 valence electrons. The molecule has 5 heteroatoms. The summed E-state index contributed by atoms with van der Waals surface area (Å²) in [7, 11) is 1.64. The standard InChI is InChI=1S/C15H22BrNO3/c1-4-15(14(18)20-5-2,17-10-11-19-3)12-6-8-13(16)9-7-12/h6-9,17H,4-5,10-11H2,1-3H3. The van der Waals surface area contributed by atoms with E-state index in [1.54, 1.807) is 7.11 Å². The summed E-state index contributed by atoms with van der Waals surface area (Å²) < 4.78 is 11.3. The minimum Gasteiger partial charge on any atom is -0.464 e. The molecule has 0 aliphatic heterocycles. The maximum atomic E-state index is 12.4. The third-order valence-electron chi connectivity index (χ3n) is 3.22. The molecular formula is C15H22BrNO3. The van der Waals surface area contributed by atoms with Crippen LogP contribution in [0.2, 0.25) is 0 Å². The fraction of sp³-hybridized carbons (Fsp3) is 0.533. The van der Waals surface area contributed by atoms with Crippen LogP contribution < -0.4 is 5.32 Å². The van der Waals surface area contributed by atoms with Gasteiger partial charge in [0.25, 0.3) is 0 Å². The second-order valence-corrected chi connectivity index (χ2v) is 5.32. The molecule has 1 N–H and O–H groups in total. The molecule has 4 nitrogen and oxygen atoms in total. The van der Waals surface area contributed by atoms with Gasteiger partial charge in [0.2, 0.25) is 0 Å². The minimum absolute atomic E-state index is 0.249. The number of carbonyl (C=O) groups excluding carboxylic acids is 1. The summed E-state index contributed by atoms with van der Waals surface area (Å²) in [5, 5.41) is 3.29. The monoisotopic (exact) mass is 343 g/mol. The Morgan fingerprint density at radius 2 is 1.95 bits per heavy atom. The van der Waals surface area contributed by atoms with Gasteiger partial charge in [-0.1, -0.05) is 35.0 Å². The summed E-state index contributed by atoms with van der Waals surface area (Å²) in [6, 6.07) is 7.72. The Labute approximate surface area is 129 Å². The van der Waals surface area contributed by atoms with Crippen LogP contribution in [0.25, 0.3) is 0 Å². The van der Waals surface area contributed by atoms with Crippen LogP contribution in [-0.2, 0) is 19.8 Å². The number of ether oxygens (including phenoxy) is 2. The number of nitrogens with one attached hydrogen (secondary N) is 1. The fourth-order valence-corrected chi connectivity index (χ4v) is 2.39. The first-order valence-corrected chi connectivity index (χ1v) is 7.57. The Bertz CT molecular complexity index is 422. The number of rotatable bonds is 8. The lowest BCUT2D eigenvalue weighted by atomic mass is 9.87. The Morgan fingerprint density at radius 3 is 2.45 bits per heavy atom. The van der Waals surface area contributed by atoms with Gasteiger partial charge in [0.1, 0.15) is 5.54 Å². The third-order valence-corrected chi connectivity index (χ3v) is 3.75. The zero-order chi connectivity index (χ0) is 15.0. The molecule has 0 aromatic heterocycles. The summed E-state index contributed by atoms with van der Waals surface area (Å²) in [6.45, 7) is 5.27. The first-order valence-electron chi connectivity index (χ1n) is 6.78. The SMILES string of the molecule is CCOC(=O)C(CC)(NCCOC)c1ccc(Br)cc1. The smallest absolute Gasteiger partial charge is 0.330 e. The lowest BCUT2D eigenvalue weighted by Crippen LogP contribution is -2.50. The molecule has 0 saturated carbocycles. The first kappa shape index (κ1) is 17.1. The Morgan fingerprint density at radius 1 is 1.30 bits per heavy atom. The first-order chi connectivity index (χ1) is 9.60. The van der Waals surface area contributed by atoms with E-state index >= 15 is 0 Å². The molecule has 1 atom stereocenters. The van der Waals surface area contributed by atoms with Gasteiger partial charge in [-0.25, -0.2) is 4.79 Å². The lowest BCUT2D eigenvalue weighted by Gasteiger charge is -2.32. The molecule has 1 aromatic rings. The molecule has 1 rings (SSSR count). The summed E-state index contributed by atoms with van der Waals surface area (Å²) in [6.07, 6.45) is 0.608. The van der Waals surface area contributed by atoms with Crippen LogP contribution in [0.5, 0.6) is 0 Å². The molecule has 0 fully saturated rings. The molecule has 0 bridgehead atoms. The zero-order valence-electron chi connectivity index (χ0n) is 12.2. The van der Waals surface area contributed by atoms with E-state index in [4.69, 9.17) is 9.47 Å². The van der Waals surface area contributed by atoms with Crippen molar-refractivity contribution < 1.29 is 14.3 Å². The summed E-state index contributed by atoms with van der Waals surface area (Å²) in [5.74, 6) is -0.249. The number of halogens is 1. The molecule has 1 aromatic carbocycles. The fourth-order valence-electron chi connectivity index (χ4n) is 2.12. The molecule has 0 radical (unpaired) electrons. The molecule has 1 unspecified atom stereocenters. The molecule has 20 heavy (non-hydrogen) atoms. The topological polar surface area (TPSA) is 47.6 Å². The highest BCUT2D eigenvalue weighted by Gasteiger charge is 2.39. The quantitative estimate of drug-likeness (QED) is 0.582. The average Bonchev–Trinajstić information content (AvgIpc) is 2.45. The van der Waals surface area contributed by atoms with Crippen LogP contribution in [0.15, 0.2) is 28.7 Å². The largest absolute Gasteiger partial charge is 0.464 e. The van der Waals surface area contributed by atoms with Crippen LogP contribution in [0.1, 0.15) is 25.8 Å². The highest BCUT2D eigenvalue weighted by molar-refractivity contribution is 9.10. The van der Waals surface area contributed by atoms with E-state index in [1.807, 2.05) is 38.1 Å². The predicted molar refractivity (Wildman–Crippen MR) is 82.6 cm³/mol. The highest BCUT2D eigenvalue weighted by atomic mass is 79.9. The second kappa shape index (κ2) is 8.39. The predicted octanol–water partition coefficient (Wildman–Crippen LogP) is 2.85. The van der Waals surface area contributed by atoms with Crippen LogP contribution >= 0.6 is 15.9 Å². The van der Waals surface area contributed by atoms with Crippen LogP contribution in [0.3, 0.4) is 0 Å². The van der Waals surface area contributed by atoms with E-state index in [0.717, 1.165) is 10.0 Å². The summed E-state index contributed by atoms with van der Waals surface area (Å²) in [5.41, 5.74) is 0.0765. The molecule has 0 spiro atoms. The van der Waals surface area contributed by atoms with Gasteiger partial charge in [-0.3, -0.25) is 5.32 Å². The van der Waals surface area contributed by atoms with Gasteiger partial charge in [-0.15, -0.1) is 0 Å². The van der Waals surface area contributed by atoms with Crippen molar-refractivity contribution in [2.75, 3.05) is 26.9 Å². The van der Waals surface area contributed by atoms with E-state index < -0.39 is 5.54 Å². The summed E-state index contributed by atoms with van der Waals surface area (Å²) >= 11 is 3.41. The Kier molecular flexibility index (Phi) is 7.19. The highest BCUT2D eigenvalue weighted by Crippen LogP contribution is 2.28. The number of methoxy groups -OCH3 is 1. The van der Waals surface area contributed by atoms with Crippen molar-refractivity contribution in [1.29, 1.82) is 0 Å². The van der Waals surface area contributed by atoms with Crippen molar-refractivity contribution >= 4 is 21.9 Å². The van der Waals surface area contributed by atoms with Crippen molar-refractivity contribution in [1.82, 2.24) is 5.32 Å². The number of benzene rings is 1. The van der Waals surface area contributed by atoms with Crippen molar-refractivity contribution in [2.45, 2.75) is 25.8 Å². The maximum Gasteiger partial charge on any atom is 0.330 e. The Hall–Kier alpha value is -0.910. The molecular weight excluding hydrogens is 322 g/mol. The van der Waals surface area contributed by atoms with E-state index in [-0.39, 0.29) is 5.97 Å². The van der Waals surface area contributed by atoms with E-state index in [0.29, 0.717) is 26.2 Å². The van der Waals surface area contributed by atoms with Gasteiger partial charge in [-0.05, 0) is 31.0 Å². The molecule has 0 saturated heterocycles. The minimum atomic E-state index is -0.824. The van der Waals surface area contributed by atoms with Gasteiger partial charge in [0.15, 0.2) is 0 Å². The second-order valence-electron chi connectivity index (χ2n) is 4.41. The van der Waals surface area contributed by atoms with Crippen molar-refractivity contribution in [2.24, 2.45) is 0 Å². The van der Waals surface area contributed by atoms with Crippen LogP contribution in [0.4, 0.5) is 0 Å². The average molecular weight is 344 g/mol. The van der Waals surface area contributed by atoms with E-state index in [2.05, 4.69) is 21.2 Å². The number of hydrogen-bond acceptors (Lipinski definition) is 4. The van der Waals surface area contributed by atoms with E-state index in [1.165, 1.54) is 0 Å². The normalized spacial score (nSPS) is 13.8. The number of esters is 1. The van der Waals surface area contributed by atoms with Crippen molar-refractivity contribution in [3.63, 3.8) is 0 Å². The number of carbonyl (C=O) groups is 1. The lowest BCUT2D eigenvalue weighted by molar-refractivity contribution is -0.152.